The lowest BCUT2D eigenvalue weighted by Crippen LogP contribution is -2.14. The van der Waals surface area contributed by atoms with Gasteiger partial charge < -0.3 is 4.74 Å². The normalized spacial score (nSPS) is 13.2. The summed E-state index contributed by atoms with van der Waals surface area (Å²) in [5, 5.41) is 0. The number of ketones is 1. The summed E-state index contributed by atoms with van der Waals surface area (Å²) in [6.45, 7) is 3.53. The molecular weight excluding hydrogens is 313 g/mol. The van der Waals surface area contributed by atoms with Crippen LogP contribution >= 0.6 is 15.9 Å². The van der Waals surface area contributed by atoms with E-state index >= 15 is 0 Å². The monoisotopic (exact) mass is 324 g/mol. The molecule has 2 nitrogen and oxygen atoms in total. The quantitative estimate of drug-likeness (QED) is 0.616. The van der Waals surface area contributed by atoms with E-state index in [1.807, 2.05) is 0 Å². The van der Waals surface area contributed by atoms with Gasteiger partial charge in [0.1, 0.15) is 5.75 Å². The van der Waals surface area contributed by atoms with Gasteiger partial charge in [0, 0.05) is 0 Å². The second-order valence-electron chi connectivity index (χ2n) is 3.62. The molecule has 1 rings (SSSR count). The van der Waals surface area contributed by atoms with E-state index in [-0.39, 0.29) is 17.9 Å². The molecule has 6 heteroatoms. The lowest BCUT2D eigenvalue weighted by Gasteiger charge is -2.13. The molecule has 100 valence electrons. The number of ether oxygens (including phenoxy) is 1. The number of hydrogen-bond donors (Lipinski definition) is 0. The molecule has 0 aliphatic carbocycles. The van der Waals surface area contributed by atoms with Crippen LogP contribution in [0.2, 0.25) is 0 Å². The third kappa shape index (κ3) is 3.48. The summed E-state index contributed by atoms with van der Waals surface area (Å²) >= 11 is 3.05. The van der Waals surface area contributed by atoms with E-state index in [2.05, 4.69) is 15.9 Å². The van der Waals surface area contributed by atoms with Gasteiger partial charge in [-0.1, -0.05) is 15.9 Å². The Morgan fingerprint density at radius 1 is 1.44 bits per heavy atom. The average molecular weight is 325 g/mol. The Kier molecular flexibility index (Phi) is 4.78. The fourth-order valence-electron chi connectivity index (χ4n) is 1.39. The molecule has 0 bridgehead atoms. The van der Waals surface area contributed by atoms with Crippen molar-refractivity contribution >= 4 is 21.7 Å². The van der Waals surface area contributed by atoms with Crippen molar-refractivity contribution in [2.45, 2.75) is 24.9 Å². The number of rotatable bonds is 4. The van der Waals surface area contributed by atoms with E-state index in [1.165, 1.54) is 6.07 Å². The van der Waals surface area contributed by atoms with E-state index in [0.717, 1.165) is 12.1 Å². The molecule has 0 aliphatic rings. The highest BCUT2D eigenvalue weighted by Gasteiger charge is 2.32. The Bertz CT molecular complexity index is 441. The fourth-order valence-corrected chi connectivity index (χ4v) is 1.64. The maximum absolute atomic E-state index is 12.6. The van der Waals surface area contributed by atoms with E-state index in [9.17, 15) is 18.0 Å². The van der Waals surface area contributed by atoms with Crippen LogP contribution in [0.1, 0.15) is 29.8 Å². The topological polar surface area (TPSA) is 26.3 Å². The van der Waals surface area contributed by atoms with E-state index in [4.69, 9.17) is 4.74 Å². The minimum Gasteiger partial charge on any atom is -0.493 e. The van der Waals surface area contributed by atoms with Crippen LogP contribution in [0.5, 0.6) is 5.75 Å². The average Bonchev–Trinajstić information content (AvgIpc) is 2.27. The van der Waals surface area contributed by atoms with Gasteiger partial charge in [0.05, 0.1) is 22.6 Å². The molecule has 1 aromatic rings. The molecule has 0 heterocycles. The highest BCUT2D eigenvalue weighted by Crippen LogP contribution is 2.33. The lowest BCUT2D eigenvalue weighted by atomic mass is 10.0. The van der Waals surface area contributed by atoms with Crippen LogP contribution in [0.4, 0.5) is 13.2 Å². The van der Waals surface area contributed by atoms with Gasteiger partial charge in [0.15, 0.2) is 5.78 Å². The highest BCUT2D eigenvalue weighted by atomic mass is 79.9. The highest BCUT2D eigenvalue weighted by molar-refractivity contribution is 9.10. The molecule has 0 spiro atoms. The van der Waals surface area contributed by atoms with Crippen LogP contribution in [0.15, 0.2) is 18.2 Å². The van der Waals surface area contributed by atoms with Crippen molar-refractivity contribution in [3.8, 4) is 5.75 Å². The van der Waals surface area contributed by atoms with Gasteiger partial charge in [0.2, 0.25) is 0 Å². The molecule has 18 heavy (non-hydrogen) atoms. The van der Waals surface area contributed by atoms with Crippen LogP contribution in [0.3, 0.4) is 0 Å². The Morgan fingerprint density at radius 3 is 2.50 bits per heavy atom. The lowest BCUT2D eigenvalue weighted by molar-refractivity contribution is -0.137. The molecule has 0 N–H and O–H groups in total. The summed E-state index contributed by atoms with van der Waals surface area (Å²) < 4.78 is 42.9. The zero-order valence-corrected chi connectivity index (χ0v) is 11.4. The van der Waals surface area contributed by atoms with E-state index < -0.39 is 22.4 Å². The number of Topliss-reactive ketones (excluding diaryl/α,β-unsaturated/α-hetero) is 1. The second-order valence-corrected chi connectivity index (χ2v) is 5.00. The zero-order chi connectivity index (χ0) is 13.9. The Morgan fingerprint density at radius 2 is 2.06 bits per heavy atom. The number of carbonyl (C=O) groups excluding carboxylic acids is 1. The summed E-state index contributed by atoms with van der Waals surface area (Å²) in [6.07, 6.45) is -4.48. The van der Waals surface area contributed by atoms with Crippen LogP contribution in [0, 0.1) is 0 Å². The minimum absolute atomic E-state index is 0.0592. The van der Waals surface area contributed by atoms with Gasteiger partial charge in [-0.15, -0.1) is 0 Å². The third-order valence-electron chi connectivity index (χ3n) is 2.23. The van der Waals surface area contributed by atoms with Crippen LogP contribution in [-0.2, 0) is 6.18 Å². The van der Waals surface area contributed by atoms with Crippen molar-refractivity contribution in [2.24, 2.45) is 0 Å². The molecule has 0 aliphatic heterocycles. The zero-order valence-electron chi connectivity index (χ0n) is 9.84. The first kappa shape index (κ1) is 15.0. The molecule has 1 unspecified atom stereocenters. The van der Waals surface area contributed by atoms with E-state index in [0.29, 0.717) is 0 Å². The summed E-state index contributed by atoms with van der Waals surface area (Å²) in [5.41, 5.74) is -0.918. The van der Waals surface area contributed by atoms with Gasteiger partial charge in [-0.05, 0) is 32.0 Å². The third-order valence-corrected chi connectivity index (χ3v) is 2.65. The minimum atomic E-state index is -4.48. The van der Waals surface area contributed by atoms with Gasteiger partial charge in [0.25, 0.3) is 0 Å². The van der Waals surface area contributed by atoms with Gasteiger partial charge >= 0.3 is 6.18 Å². The van der Waals surface area contributed by atoms with Gasteiger partial charge in [-0.25, -0.2) is 0 Å². The van der Waals surface area contributed by atoms with Crippen LogP contribution in [0.25, 0.3) is 0 Å². The van der Waals surface area contributed by atoms with Gasteiger partial charge in [-0.3, -0.25) is 4.79 Å². The largest absolute Gasteiger partial charge is 0.493 e. The summed E-state index contributed by atoms with van der Waals surface area (Å²) in [5.74, 6) is -0.272. The maximum atomic E-state index is 12.6. The van der Waals surface area contributed by atoms with Gasteiger partial charge in [-0.2, -0.15) is 13.2 Å². The molecular formula is C12H12BrF3O2. The molecule has 0 saturated carbocycles. The molecule has 0 amide bonds. The predicted octanol–water partition coefficient (Wildman–Crippen LogP) is 4.07. The first-order valence-corrected chi connectivity index (χ1v) is 6.21. The molecule has 1 atom stereocenters. The van der Waals surface area contributed by atoms with Crippen LogP contribution < -0.4 is 4.74 Å². The van der Waals surface area contributed by atoms with E-state index in [1.54, 1.807) is 13.8 Å². The number of alkyl halides is 4. The molecule has 0 saturated heterocycles. The standard InChI is InChI=1S/C12H12BrF3O2/c1-3-18-10-5-4-8(12(14,15)16)6-9(10)11(17)7(2)13/h4-7H,3H2,1-2H3. The Hall–Kier alpha value is -1.04. The maximum Gasteiger partial charge on any atom is 0.416 e. The smallest absolute Gasteiger partial charge is 0.416 e. The Balaban J connectivity index is 3.28. The summed E-state index contributed by atoms with van der Waals surface area (Å²) in [7, 11) is 0. The van der Waals surface area contributed by atoms with Crippen LogP contribution in [-0.4, -0.2) is 17.2 Å². The van der Waals surface area contributed by atoms with Crippen molar-refractivity contribution in [3.05, 3.63) is 29.3 Å². The molecule has 0 fully saturated rings. The first-order chi connectivity index (χ1) is 8.27. The summed E-state index contributed by atoms with van der Waals surface area (Å²) in [6, 6.07) is 2.90. The van der Waals surface area contributed by atoms with Crippen molar-refractivity contribution in [1.82, 2.24) is 0 Å². The van der Waals surface area contributed by atoms with Crippen molar-refractivity contribution in [1.29, 1.82) is 0 Å². The Labute approximate surface area is 111 Å². The number of carbonyl (C=O) groups is 1. The number of hydrogen-bond acceptors (Lipinski definition) is 2. The molecule has 0 radical (unpaired) electrons. The fraction of sp³-hybridized carbons (Fsp3) is 0.417. The summed E-state index contributed by atoms with van der Waals surface area (Å²) in [4.78, 5) is 11.3. The SMILES string of the molecule is CCOc1ccc(C(F)(F)F)cc1C(=O)C(C)Br. The van der Waals surface area contributed by atoms with Crippen molar-refractivity contribution in [3.63, 3.8) is 0 Å². The second kappa shape index (κ2) is 5.73. The predicted molar refractivity (Wildman–Crippen MR) is 65.3 cm³/mol. The number of halogens is 4. The van der Waals surface area contributed by atoms with Crippen molar-refractivity contribution < 1.29 is 22.7 Å². The molecule has 1 aromatic carbocycles. The number of benzene rings is 1. The van der Waals surface area contributed by atoms with Crippen molar-refractivity contribution in [2.75, 3.05) is 6.61 Å². The first-order valence-electron chi connectivity index (χ1n) is 5.29. The molecule has 0 aromatic heterocycles.